The van der Waals surface area contributed by atoms with Crippen LogP contribution in [0.25, 0.3) is 0 Å². The summed E-state index contributed by atoms with van der Waals surface area (Å²) in [6, 6.07) is 5.54. The lowest BCUT2D eigenvalue weighted by molar-refractivity contribution is 0.476. The Morgan fingerprint density at radius 3 is 2.64 bits per heavy atom. The van der Waals surface area contributed by atoms with E-state index in [2.05, 4.69) is 46.1 Å². The molecule has 0 saturated carbocycles. The Balaban J connectivity index is 2.10. The lowest BCUT2D eigenvalue weighted by atomic mass is 10.2. The minimum atomic E-state index is 0.131. The van der Waals surface area contributed by atoms with E-state index < -0.39 is 0 Å². The first-order valence-electron chi connectivity index (χ1n) is 8.63. The molecule has 6 nitrogen and oxygen atoms in total. The summed E-state index contributed by atoms with van der Waals surface area (Å²) in [7, 11) is 0. The van der Waals surface area contributed by atoms with Crippen LogP contribution in [0.1, 0.15) is 40.0 Å². The first-order valence-corrected chi connectivity index (χ1v) is 10.4. The zero-order chi connectivity index (χ0) is 18.1. The van der Waals surface area contributed by atoms with Gasteiger partial charge in [-0.3, -0.25) is 0 Å². The number of thioether (sulfide) groups is 1. The Hall–Kier alpha value is -1.67. The predicted molar refractivity (Wildman–Crippen MR) is 106 cm³/mol. The number of unbranched alkanes of at least 4 members (excludes halogenated alkanes) is 1. The molecule has 1 aromatic heterocycles. The zero-order valence-electron chi connectivity index (χ0n) is 15.0. The topological polar surface area (TPSA) is 74.0 Å². The van der Waals surface area contributed by atoms with Gasteiger partial charge < -0.3 is 10.0 Å². The van der Waals surface area contributed by atoms with Gasteiger partial charge in [0.05, 0.1) is 0 Å². The molecule has 136 valence electrons. The molecule has 0 unspecified atom stereocenters. The van der Waals surface area contributed by atoms with Gasteiger partial charge >= 0.3 is 0 Å². The van der Waals surface area contributed by atoms with E-state index in [-0.39, 0.29) is 5.75 Å². The van der Waals surface area contributed by atoms with Gasteiger partial charge in [0.1, 0.15) is 11.4 Å². The third-order valence-corrected chi connectivity index (χ3v) is 5.33. The van der Waals surface area contributed by atoms with Crippen LogP contribution >= 0.6 is 23.1 Å². The number of anilines is 1. The van der Waals surface area contributed by atoms with Crippen molar-refractivity contribution < 1.29 is 5.11 Å². The Morgan fingerprint density at radius 1 is 1.12 bits per heavy atom. The summed E-state index contributed by atoms with van der Waals surface area (Å²) >= 11 is 3.02. The summed E-state index contributed by atoms with van der Waals surface area (Å²) in [6.07, 6.45) is 3.36. The molecule has 25 heavy (non-hydrogen) atoms. The Labute approximate surface area is 157 Å². The van der Waals surface area contributed by atoms with Crippen molar-refractivity contribution in [2.75, 3.05) is 23.7 Å². The SMILES string of the molecule is CCCCN(CCC)c1ccc(N=Nc2nnc(SCC)s2)c(O)c1. The molecule has 0 bridgehead atoms. The maximum Gasteiger partial charge on any atom is 0.252 e. The molecule has 1 heterocycles. The number of hydrogen-bond donors (Lipinski definition) is 1. The summed E-state index contributed by atoms with van der Waals surface area (Å²) in [4.78, 5) is 2.29. The highest BCUT2D eigenvalue weighted by molar-refractivity contribution is 8.01. The molecular formula is C17H25N5OS2. The van der Waals surface area contributed by atoms with Crippen LogP contribution in [0.3, 0.4) is 0 Å². The summed E-state index contributed by atoms with van der Waals surface area (Å²) < 4.78 is 0.877. The van der Waals surface area contributed by atoms with Crippen LogP contribution in [0.4, 0.5) is 16.5 Å². The fourth-order valence-electron chi connectivity index (χ4n) is 2.30. The first-order chi connectivity index (χ1) is 12.2. The standard InChI is InChI=1S/C17H25N5OS2/c1-4-7-11-22(10-5-2)13-8-9-14(15(23)12-13)18-19-16-20-21-17(25-16)24-6-3/h8-9,12,23H,4-7,10-11H2,1-3H3. The van der Waals surface area contributed by atoms with E-state index in [0.29, 0.717) is 10.8 Å². The maximum absolute atomic E-state index is 10.3. The summed E-state index contributed by atoms with van der Waals surface area (Å²) in [5, 5.41) is 27.0. The highest BCUT2D eigenvalue weighted by Crippen LogP contribution is 2.34. The van der Waals surface area contributed by atoms with Crippen LogP contribution in [-0.2, 0) is 0 Å². The van der Waals surface area contributed by atoms with Crippen molar-refractivity contribution >= 4 is 39.6 Å². The van der Waals surface area contributed by atoms with Gasteiger partial charge in [-0.05, 0) is 30.7 Å². The molecule has 0 spiro atoms. The van der Waals surface area contributed by atoms with Crippen LogP contribution in [-0.4, -0.2) is 34.1 Å². The van der Waals surface area contributed by atoms with Crippen molar-refractivity contribution in [3.8, 4) is 5.75 Å². The molecular weight excluding hydrogens is 354 g/mol. The second-order valence-corrected chi connectivity index (χ2v) is 7.96. The minimum absolute atomic E-state index is 0.131. The van der Waals surface area contributed by atoms with Crippen LogP contribution in [0, 0.1) is 0 Å². The molecule has 1 aromatic carbocycles. The van der Waals surface area contributed by atoms with Crippen molar-refractivity contribution in [3.63, 3.8) is 0 Å². The molecule has 0 aliphatic rings. The Kier molecular flexibility index (Phi) is 8.14. The molecule has 0 radical (unpaired) electrons. The average Bonchev–Trinajstić information content (AvgIpc) is 3.05. The normalized spacial score (nSPS) is 11.3. The highest BCUT2D eigenvalue weighted by atomic mass is 32.2. The van der Waals surface area contributed by atoms with Gasteiger partial charge in [0, 0.05) is 24.8 Å². The van der Waals surface area contributed by atoms with E-state index in [4.69, 9.17) is 0 Å². The van der Waals surface area contributed by atoms with E-state index in [1.165, 1.54) is 11.3 Å². The lowest BCUT2D eigenvalue weighted by Crippen LogP contribution is -2.25. The molecule has 0 atom stereocenters. The zero-order valence-corrected chi connectivity index (χ0v) is 16.6. The van der Waals surface area contributed by atoms with Gasteiger partial charge in [-0.2, -0.15) is 0 Å². The highest BCUT2D eigenvalue weighted by Gasteiger charge is 2.09. The second-order valence-electron chi connectivity index (χ2n) is 5.50. The van der Waals surface area contributed by atoms with E-state index >= 15 is 0 Å². The molecule has 2 rings (SSSR count). The molecule has 1 N–H and O–H groups in total. The van der Waals surface area contributed by atoms with E-state index in [1.807, 2.05) is 6.07 Å². The van der Waals surface area contributed by atoms with E-state index in [9.17, 15) is 5.11 Å². The van der Waals surface area contributed by atoms with Crippen LogP contribution in [0.5, 0.6) is 5.75 Å². The van der Waals surface area contributed by atoms with E-state index in [1.54, 1.807) is 23.9 Å². The van der Waals surface area contributed by atoms with Crippen LogP contribution < -0.4 is 4.90 Å². The molecule has 0 saturated heterocycles. The smallest absolute Gasteiger partial charge is 0.252 e. The predicted octanol–water partition coefficient (Wildman–Crippen LogP) is 5.79. The Morgan fingerprint density at radius 2 is 1.96 bits per heavy atom. The third-order valence-electron chi connectivity index (χ3n) is 3.51. The molecule has 2 aromatic rings. The summed E-state index contributed by atoms with van der Waals surface area (Å²) in [5.41, 5.74) is 1.46. The first kappa shape index (κ1) is 19.7. The molecule has 8 heteroatoms. The maximum atomic E-state index is 10.3. The molecule has 0 amide bonds. The van der Waals surface area contributed by atoms with Crippen molar-refractivity contribution in [2.45, 2.75) is 44.4 Å². The summed E-state index contributed by atoms with van der Waals surface area (Å²) in [5.74, 6) is 1.08. The van der Waals surface area contributed by atoms with Gasteiger partial charge in [0.2, 0.25) is 0 Å². The second kappa shape index (κ2) is 10.4. The number of benzene rings is 1. The van der Waals surface area contributed by atoms with Crippen LogP contribution in [0.15, 0.2) is 32.8 Å². The number of phenolic OH excluding ortho intramolecular Hbond substituents is 1. The number of nitrogens with zero attached hydrogens (tertiary/aromatic N) is 5. The summed E-state index contributed by atoms with van der Waals surface area (Å²) in [6.45, 7) is 8.38. The van der Waals surface area contributed by atoms with Gasteiger partial charge in [0.25, 0.3) is 5.13 Å². The fourth-order valence-corrected chi connectivity index (χ4v) is 3.86. The average molecular weight is 380 g/mol. The van der Waals surface area contributed by atoms with Crippen molar-refractivity contribution in [2.24, 2.45) is 10.2 Å². The number of phenols is 1. The van der Waals surface area contributed by atoms with Crippen molar-refractivity contribution in [3.05, 3.63) is 18.2 Å². The number of hydrogen-bond acceptors (Lipinski definition) is 8. The molecule has 0 fully saturated rings. The van der Waals surface area contributed by atoms with Gasteiger partial charge in [-0.15, -0.1) is 20.4 Å². The van der Waals surface area contributed by atoms with Gasteiger partial charge in [-0.1, -0.05) is 50.3 Å². The number of rotatable bonds is 10. The molecule has 0 aliphatic heterocycles. The van der Waals surface area contributed by atoms with Gasteiger partial charge in [0.15, 0.2) is 4.34 Å². The number of azo groups is 1. The van der Waals surface area contributed by atoms with Gasteiger partial charge in [-0.25, -0.2) is 0 Å². The number of aromatic hydroxyl groups is 1. The quantitative estimate of drug-likeness (QED) is 0.418. The monoisotopic (exact) mass is 379 g/mol. The minimum Gasteiger partial charge on any atom is -0.506 e. The lowest BCUT2D eigenvalue weighted by Gasteiger charge is -2.24. The van der Waals surface area contributed by atoms with Crippen LogP contribution in [0.2, 0.25) is 0 Å². The van der Waals surface area contributed by atoms with Crippen molar-refractivity contribution in [1.29, 1.82) is 0 Å². The molecule has 0 aliphatic carbocycles. The number of aromatic nitrogens is 2. The fraction of sp³-hybridized carbons (Fsp3) is 0.529. The van der Waals surface area contributed by atoms with Crippen molar-refractivity contribution in [1.82, 2.24) is 10.2 Å². The Bertz CT molecular complexity index is 689. The largest absolute Gasteiger partial charge is 0.506 e. The third kappa shape index (κ3) is 5.97. The van der Waals surface area contributed by atoms with E-state index in [0.717, 1.165) is 48.1 Å².